The van der Waals surface area contributed by atoms with Crippen molar-refractivity contribution in [1.82, 2.24) is 0 Å². The van der Waals surface area contributed by atoms with Crippen LogP contribution in [0.2, 0.25) is 0 Å². The van der Waals surface area contributed by atoms with Crippen molar-refractivity contribution in [3.8, 4) is 0 Å². The zero-order chi connectivity index (χ0) is 20.2. The Morgan fingerprint density at radius 2 is 1.96 bits per heavy atom. The highest BCUT2D eigenvalue weighted by atomic mass is 16.4. The summed E-state index contributed by atoms with van der Waals surface area (Å²) in [5, 5.41) is 9.01. The number of carbonyl (C=O) groups is 1. The average molecular weight is 373 g/mol. The molecular formula is C25H40O2. The number of hydrogen-bond donors (Lipinski definition) is 1. The third-order valence-corrected chi connectivity index (χ3v) is 7.59. The van der Waals surface area contributed by atoms with E-state index in [1.54, 1.807) is 0 Å². The van der Waals surface area contributed by atoms with Crippen molar-refractivity contribution in [2.24, 2.45) is 22.7 Å². The van der Waals surface area contributed by atoms with Crippen molar-refractivity contribution < 1.29 is 9.90 Å². The quantitative estimate of drug-likeness (QED) is 0.375. The van der Waals surface area contributed by atoms with Gasteiger partial charge in [0.1, 0.15) is 0 Å². The van der Waals surface area contributed by atoms with Gasteiger partial charge in [-0.25, -0.2) is 4.79 Å². The Bertz CT molecular complexity index is 635. The monoisotopic (exact) mass is 372 g/mol. The van der Waals surface area contributed by atoms with Gasteiger partial charge in [0.25, 0.3) is 0 Å². The van der Waals surface area contributed by atoms with E-state index in [9.17, 15) is 4.79 Å². The highest BCUT2D eigenvalue weighted by molar-refractivity contribution is 5.80. The topological polar surface area (TPSA) is 37.3 Å². The highest BCUT2D eigenvalue weighted by Gasteiger charge is 2.52. The Kier molecular flexibility index (Phi) is 7.16. The van der Waals surface area contributed by atoms with Crippen molar-refractivity contribution in [2.45, 2.75) is 92.9 Å². The third kappa shape index (κ3) is 5.15. The van der Waals surface area contributed by atoms with E-state index in [0.29, 0.717) is 16.7 Å². The summed E-state index contributed by atoms with van der Waals surface area (Å²) in [7, 11) is 0. The lowest BCUT2D eigenvalue weighted by atomic mass is 9.47. The lowest BCUT2D eigenvalue weighted by Crippen LogP contribution is -2.49. The molecule has 0 aromatic heterocycles. The minimum atomic E-state index is -0.822. The summed E-state index contributed by atoms with van der Waals surface area (Å²) in [6.07, 6.45) is 15.9. The number of carboxylic acid groups (broad SMARTS) is 1. The first-order valence-corrected chi connectivity index (χ1v) is 10.8. The number of hydrogen-bond acceptors (Lipinski definition) is 1. The molecule has 1 fully saturated rings. The third-order valence-electron chi connectivity index (χ3n) is 7.59. The molecule has 0 aromatic carbocycles. The minimum absolute atomic E-state index is 0.348. The molecule has 0 amide bonds. The summed E-state index contributed by atoms with van der Waals surface area (Å²) in [5.41, 5.74) is 4.71. The van der Waals surface area contributed by atoms with E-state index in [1.807, 2.05) is 6.92 Å². The Morgan fingerprint density at radius 1 is 1.26 bits per heavy atom. The van der Waals surface area contributed by atoms with Crippen LogP contribution < -0.4 is 0 Å². The van der Waals surface area contributed by atoms with Crippen LogP contribution in [0.4, 0.5) is 0 Å². The molecule has 4 atom stereocenters. The first-order valence-electron chi connectivity index (χ1n) is 10.8. The predicted molar refractivity (Wildman–Crippen MR) is 115 cm³/mol. The second-order valence-corrected chi connectivity index (χ2v) is 9.99. The van der Waals surface area contributed by atoms with Crippen LogP contribution >= 0.6 is 0 Å². The normalized spacial score (nSPS) is 33.9. The first-order chi connectivity index (χ1) is 12.6. The first kappa shape index (κ1) is 22.0. The van der Waals surface area contributed by atoms with E-state index < -0.39 is 5.97 Å². The minimum Gasteiger partial charge on any atom is -0.478 e. The molecule has 2 rings (SSSR count). The van der Waals surface area contributed by atoms with Crippen LogP contribution in [0.25, 0.3) is 0 Å². The molecule has 1 N–H and O–H groups in total. The average Bonchev–Trinajstić information content (AvgIpc) is 2.52. The molecule has 2 aliphatic carbocycles. The number of aliphatic carboxylic acids is 1. The van der Waals surface area contributed by atoms with Crippen molar-refractivity contribution in [2.75, 3.05) is 0 Å². The van der Waals surface area contributed by atoms with Crippen LogP contribution in [0.1, 0.15) is 92.9 Å². The fourth-order valence-corrected chi connectivity index (χ4v) is 6.16. The Balaban J connectivity index is 2.20. The maximum atomic E-state index is 11.0. The second-order valence-electron chi connectivity index (χ2n) is 9.99. The molecule has 0 aliphatic heterocycles. The molecule has 0 saturated heterocycles. The predicted octanol–water partition coefficient (Wildman–Crippen LogP) is 7.32. The molecule has 0 aromatic rings. The van der Waals surface area contributed by atoms with Gasteiger partial charge < -0.3 is 5.11 Å². The Hall–Kier alpha value is -1.31. The summed E-state index contributed by atoms with van der Waals surface area (Å²) in [6.45, 7) is 13.7. The Morgan fingerprint density at radius 3 is 2.59 bits per heavy atom. The van der Waals surface area contributed by atoms with Gasteiger partial charge in [0.15, 0.2) is 0 Å². The largest absolute Gasteiger partial charge is 0.478 e. The Labute approximate surface area is 166 Å². The van der Waals surface area contributed by atoms with Crippen LogP contribution in [0.15, 0.2) is 34.9 Å². The number of rotatable bonds is 7. The van der Waals surface area contributed by atoms with Crippen LogP contribution in [0.3, 0.4) is 0 Å². The maximum Gasteiger partial charge on any atom is 0.328 e. The van der Waals surface area contributed by atoms with E-state index in [1.165, 1.54) is 55.7 Å². The van der Waals surface area contributed by atoms with E-state index in [-0.39, 0.29) is 0 Å². The highest BCUT2D eigenvalue weighted by Crippen LogP contribution is 2.62. The van der Waals surface area contributed by atoms with Crippen molar-refractivity contribution >= 4 is 5.97 Å². The lowest BCUT2D eigenvalue weighted by Gasteiger charge is -2.58. The molecule has 1 saturated carbocycles. The molecule has 4 unspecified atom stereocenters. The van der Waals surface area contributed by atoms with Crippen LogP contribution in [-0.2, 0) is 4.79 Å². The van der Waals surface area contributed by atoms with Crippen LogP contribution in [0, 0.1) is 22.7 Å². The van der Waals surface area contributed by atoms with Gasteiger partial charge in [-0.2, -0.15) is 0 Å². The maximum absolute atomic E-state index is 11.0. The number of fused-ring (bicyclic) bond motifs is 1. The molecule has 2 nitrogen and oxygen atoms in total. The summed E-state index contributed by atoms with van der Waals surface area (Å²) >= 11 is 0. The van der Waals surface area contributed by atoms with E-state index in [0.717, 1.165) is 24.3 Å². The lowest BCUT2D eigenvalue weighted by molar-refractivity contribution is -0.131. The van der Waals surface area contributed by atoms with Gasteiger partial charge in [0.05, 0.1) is 0 Å². The number of allylic oxidation sites excluding steroid dienone is 5. The fraction of sp³-hybridized carbons (Fsp3) is 0.720. The van der Waals surface area contributed by atoms with E-state index in [2.05, 4.69) is 46.8 Å². The summed E-state index contributed by atoms with van der Waals surface area (Å²) in [6, 6.07) is 0. The van der Waals surface area contributed by atoms with Gasteiger partial charge in [-0.1, -0.05) is 49.1 Å². The van der Waals surface area contributed by atoms with Crippen molar-refractivity contribution in [1.29, 1.82) is 0 Å². The van der Waals surface area contributed by atoms with Crippen molar-refractivity contribution in [3.05, 3.63) is 34.9 Å². The molecule has 2 aliphatic rings. The van der Waals surface area contributed by atoms with Gasteiger partial charge in [0.2, 0.25) is 0 Å². The summed E-state index contributed by atoms with van der Waals surface area (Å²) in [5.74, 6) is 0.496. The molecule has 0 bridgehead atoms. The molecule has 27 heavy (non-hydrogen) atoms. The van der Waals surface area contributed by atoms with Crippen LogP contribution in [-0.4, -0.2) is 11.1 Å². The van der Waals surface area contributed by atoms with Gasteiger partial charge in [-0.15, -0.1) is 0 Å². The summed E-state index contributed by atoms with van der Waals surface area (Å²) in [4.78, 5) is 11.0. The zero-order valence-electron chi connectivity index (χ0n) is 18.4. The smallest absolute Gasteiger partial charge is 0.328 e. The van der Waals surface area contributed by atoms with Gasteiger partial charge in [0, 0.05) is 6.08 Å². The molecular weight excluding hydrogens is 332 g/mol. The SMILES string of the molecule is CC(C)=CCCC1(C)CCCC2(C)C(CCC(C)=CC(=O)O)C(C)=CCC12. The second kappa shape index (κ2) is 8.80. The molecule has 0 spiro atoms. The van der Waals surface area contributed by atoms with Gasteiger partial charge >= 0.3 is 5.97 Å². The van der Waals surface area contributed by atoms with E-state index in [4.69, 9.17) is 5.11 Å². The van der Waals surface area contributed by atoms with Crippen LogP contribution in [0.5, 0.6) is 0 Å². The van der Waals surface area contributed by atoms with Gasteiger partial charge in [-0.05, 0) is 95.3 Å². The van der Waals surface area contributed by atoms with Crippen molar-refractivity contribution in [3.63, 3.8) is 0 Å². The fourth-order valence-electron chi connectivity index (χ4n) is 6.16. The summed E-state index contributed by atoms with van der Waals surface area (Å²) < 4.78 is 0. The molecule has 0 radical (unpaired) electrons. The standard InChI is InChI=1S/C25H40O2/c1-18(2)9-7-14-24(5)15-8-16-25(6)21(20(4)11-13-22(24)25)12-10-19(3)17-23(26)27/h9,11,17,21-22H,7-8,10,12-16H2,1-6H3,(H,26,27). The van der Waals surface area contributed by atoms with E-state index >= 15 is 0 Å². The molecule has 152 valence electrons. The molecule has 2 heteroatoms. The zero-order valence-corrected chi connectivity index (χ0v) is 18.4. The number of carboxylic acids is 1. The molecule has 0 heterocycles. The van der Waals surface area contributed by atoms with Gasteiger partial charge in [-0.3, -0.25) is 0 Å².